The van der Waals surface area contributed by atoms with Crippen molar-refractivity contribution in [3.8, 4) is 5.75 Å². The normalized spacial score (nSPS) is 19.1. The number of likely N-dealkylation sites (N-methyl/N-ethyl adjacent to an activating group) is 1. The third-order valence-corrected chi connectivity index (χ3v) is 11.6. The molecule has 15 heteroatoms. The van der Waals surface area contributed by atoms with Gasteiger partial charge in [0.2, 0.25) is 0 Å². The molecule has 2 aromatic heterocycles. The number of rotatable bonds is 9. The highest BCUT2D eigenvalue weighted by Gasteiger charge is 2.36. The molecule has 12 nitrogen and oxygen atoms in total. The van der Waals surface area contributed by atoms with Gasteiger partial charge in [-0.1, -0.05) is 18.1 Å². The number of carbonyl (C=O) groups excluding carboxylic acids is 1. The van der Waals surface area contributed by atoms with E-state index < -0.39 is 38.1 Å². The van der Waals surface area contributed by atoms with Gasteiger partial charge in [0.15, 0.2) is 10.7 Å². The fourth-order valence-electron chi connectivity index (χ4n) is 4.48. The molecule has 1 aliphatic heterocycles. The second-order valence-electron chi connectivity index (χ2n) is 9.81. The average Bonchev–Trinajstić information content (AvgIpc) is 3.56. The number of anilines is 1. The Kier molecular flexibility index (Phi) is 8.61. The predicted molar refractivity (Wildman–Crippen MR) is 149 cm³/mol. The summed E-state index contributed by atoms with van der Waals surface area (Å²) in [4.78, 5) is 15.1. The van der Waals surface area contributed by atoms with Crippen molar-refractivity contribution in [1.82, 2.24) is 14.4 Å². The number of fused-ring (bicyclic) bond motifs is 1. The Morgan fingerprint density at radius 3 is 2.58 bits per heavy atom. The number of aliphatic hydroxyl groups excluding tert-OH is 1. The Labute approximate surface area is 237 Å². The first-order valence-electron chi connectivity index (χ1n) is 12.4. The molecular weight excluding hydrogens is 580 g/mol. The zero-order chi connectivity index (χ0) is 29.4. The van der Waals surface area contributed by atoms with Gasteiger partial charge in [0.1, 0.15) is 21.8 Å². The number of benzene rings is 1. The molecule has 3 heterocycles. The van der Waals surface area contributed by atoms with Crippen LogP contribution in [0.1, 0.15) is 35.7 Å². The van der Waals surface area contributed by atoms with Crippen LogP contribution >= 0.6 is 11.3 Å². The summed E-state index contributed by atoms with van der Waals surface area (Å²) >= 11 is 1.11. The van der Waals surface area contributed by atoms with Crippen LogP contribution in [-0.4, -0.2) is 81.1 Å². The van der Waals surface area contributed by atoms with Crippen molar-refractivity contribution in [2.24, 2.45) is 5.92 Å². The summed E-state index contributed by atoms with van der Waals surface area (Å²) in [5, 5.41) is 15.3. The maximum absolute atomic E-state index is 13.7. The fraction of sp³-hybridized carbons (Fsp3) is 0.440. The third kappa shape index (κ3) is 5.88. The Balaban J connectivity index is 1.70. The maximum Gasteiger partial charge on any atom is 0.267 e. The van der Waals surface area contributed by atoms with Crippen molar-refractivity contribution in [3.63, 3.8) is 0 Å². The van der Waals surface area contributed by atoms with Crippen LogP contribution in [0.5, 0.6) is 5.75 Å². The summed E-state index contributed by atoms with van der Waals surface area (Å²) in [6.07, 6.45) is -0.662. The molecular formula is C25H32N4O8S3. The van der Waals surface area contributed by atoms with E-state index >= 15 is 0 Å². The van der Waals surface area contributed by atoms with E-state index in [1.807, 2.05) is 6.92 Å². The zero-order valence-corrected chi connectivity index (χ0v) is 25.1. The number of aliphatic hydroxyl groups is 1. The lowest BCUT2D eigenvalue weighted by Gasteiger charge is -2.38. The minimum atomic E-state index is -4.08. The minimum Gasteiger partial charge on any atom is -0.488 e. The van der Waals surface area contributed by atoms with E-state index in [-0.39, 0.29) is 63.2 Å². The second-order valence-corrected chi connectivity index (χ2v) is 14.6. The molecule has 4 rings (SSSR count). The van der Waals surface area contributed by atoms with Gasteiger partial charge in [-0.25, -0.2) is 16.8 Å². The molecule has 0 saturated heterocycles. The largest absolute Gasteiger partial charge is 0.488 e. The van der Waals surface area contributed by atoms with Crippen LogP contribution in [0.15, 0.2) is 49.3 Å². The molecule has 0 saturated carbocycles. The van der Waals surface area contributed by atoms with Crippen molar-refractivity contribution >= 4 is 43.0 Å². The van der Waals surface area contributed by atoms with E-state index in [0.29, 0.717) is 0 Å². The van der Waals surface area contributed by atoms with Gasteiger partial charge in [0.05, 0.1) is 24.8 Å². The molecule has 0 unspecified atom stereocenters. The molecule has 1 amide bonds. The van der Waals surface area contributed by atoms with Crippen LogP contribution in [0.4, 0.5) is 5.69 Å². The quantitative estimate of drug-likeness (QED) is 0.370. The van der Waals surface area contributed by atoms with Gasteiger partial charge < -0.3 is 19.3 Å². The number of sulfonamides is 2. The highest BCUT2D eigenvalue weighted by Crippen LogP contribution is 2.32. The molecule has 0 spiro atoms. The summed E-state index contributed by atoms with van der Waals surface area (Å²) in [6.45, 7) is 6.40. The number of nitrogens with zero attached hydrogens (tertiary/aromatic N) is 3. The monoisotopic (exact) mass is 612 g/mol. The zero-order valence-electron chi connectivity index (χ0n) is 22.7. The Bertz CT molecular complexity index is 1570. The van der Waals surface area contributed by atoms with Crippen molar-refractivity contribution in [2.75, 3.05) is 31.5 Å². The number of amides is 1. The first-order valence-corrected chi connectivity index (χ1v) is 16.2. The minimum absolute atomic E-state index is 0.00317. The highest BCUT2D eigenvalue weighted by molar-refractivity contribution is 7.92. The van der Waals surface area contributed by atoms with E-state index in [9.17, 15) is 26.7 Å². The van der Waals surface area contributed by atoms with Crippen LogP contribution in [0, 0.1) is 19.8 Å². The lowest BCUT2D eigenvalue weighted by molar-refractivity contribution is 0.0387. The SMILES string of the molecule is Cc1noc(C)c1S(=O)(=O)Nc1ccc2c(c1)C(=O)N([C@H](C)CO)C[C@H](C)[C@H](CN(C)S(=O)(=O)c1cccs1)O2. The Morgan fingerprint density at radius 1 is 1.25 bits per heavy atom. The van der Waals surface area contributed by atoms with Gasteiger partial charge in [-0.2, -0.15) is 4.31 Å². The summed E-state index contributed by atoms with van der Waals surface area (Å²) in [5.74, 6) is -0.486. The standard InChI is InChI=1S/C25H32N4O8S3/c1-15-12-29(16(2)14-30)25(31)20-11-19(27-39(32,33)24-17(3)26-37-18(24)4)8-9-21(20)36-22(15)13-28(5)40(34,35)23-7-6-10-38-23/h6-11,15-16,22,27,30H,12-14H2,1-5H3/t15-,16+,22-/m0/s1. The summed E-state index contributed by atoms with van der Waals surface area (Å²) < 4.78 is 67.4. The lowest BCUT2D eigenvalue weighted by Crippen LogP contribution is -2.50. The molecule has 3 aromatic rings. The topological polar surface area (TPSA) is 159 Å². The molecule has 40 heavy (non-hydrogen) atoms. The number of nitrogens with one attached hydrogen (secondary N) is 1. The number of carbonyl (C=O) groups is 1. The average molecular weight is 613 g/mol. The van der Waals surface area contributed by atoms with Gasteiger partial charge in [-0.05, 0) is 50.4 Å². The van der Waals surface area contributed by atoms with Gasteiger partial charge in [-0.15, -0.1) is 11.3 Å². The first-order chi connectivity index (χ1) is 18.8. The van der Waals surface area contributed by atoms with E-state index in [4.69, 9.17) is 9.26 Å². The lowest BCUT2D eigenvalue weighted by atomic mass is 9.99. The first kappa shape index (κ1) is 30.0. The van der Waals surface area contributed by atoms with Crippen LogP contribution < -0.4 is 9.46 Å². The van der Waals surface area contributed by atoms with Crippen molar-refractivity contribution in [1.29, 1.82) is 0 Å². The van der Waals surface area contributed by atoms with Crippen LogP contribution in [-0.2, 0) is 20.0 Å². The van der Waals surface area contributed by atoms with E-state index in [1.54, 1.807) is 18.4 Å². The molecule has 0 radical (unpaired) electrons. The molecule has 2 N–H and O–H groups in total. The molecule has 0 aliphatic carbocycles. The molecule has 0 bridgehead atoms. The summed E-state index contributed by atoms with van der Waals surface area (Å²) in [6, 6.07) is 6.92. The van der Waals surface area contributed by atoms with E-state index in [0.717, 1.165) is 11.3 Å². The molecule has 3 atom stereocenters. The second kappa shape index (κ2) is 11.5. The molecule has 218 valence electrons. The smallest absolute Gasteiger partial charge is 0.267 e. The van der Waals surface area contributed by atoms with Gasteiger partial charge in [0, 0.05) is 25.2 Å². The third-order valence-electron chi connectivity index (χ3n) is 6.75. The van der Waals surface area contributed by atoms with Crippen molar-refractivity contribution < 1.29 is 36.0 Å². The fourth-order valence-corrected chi connectivity index (χ4v) is 8.25. The molecule has 1 aliphatic rings. The van der Waals surface area contributed by atoms with Gasteiger partial charge in [0.25, 0.3) is 26.0 Å². The van der Waals surface area contributed by atoms with E-state index in [2.05, 4.69) is 9.88 Å². The van der Waals surface area contributed by atoms with Crippen LogP contribution in [0.25, 0.3) is 0 Å². The summed E-state index contributed by atoms with van der Waals surface area (Å²) in [5.41, 5.74) is 0.367. The molecule has 0 fully saturated rings. The maximum atomic E-state index is 13.7. The van der Waals surface area contributed by atoms with Gasteiger partial charge >= 0.3 is 0 Å². The number of aromatic nitrogens is 1. The Hall–Kier alpha value is -2.98. The van der Waals surface area contributed by atoms with Crippen LogP contribution in [0.2, 0.25) is 0 Å². The predicted octanol–water partition coefficient (Wildman–Crippen LogP) is 2.69. The Morgan fingerprint density at radius 2 is 1.98 bits per heavy atom. The number of aryl methyl sites for hydroxylation is 2. The number of hydrogen-bond donors (Lipinski definition) is 2. The van der Waals surface area contributed by atoms with Crippen molar-refractivity contribution in [2.45, 2.75) is 48.9 Å². The van der Waals surface area contributed by atoms with Crippen molar-refractivity contribution in [3.05, 3.63) is 52.7 Å². The number of thiophene rings is 1. The number of ether oxygens (including phenoxy) is 1. The van der Waals surface area contributed by atoms with E-state index in [1.165, 1.54) is 54.4 Å². The number of hydrogen-bond acceptors (Lipinski definition) is 10. The summed E-state index contributed by atoms with van der Waals surface area (Å²) in [7, 11) is -6.37. The molecule has 1 aromatic carbocycles. The van der Waals surface area contributed by atoms with Gasteiger partial charge in [-0.3, -0.25) is 9.52 Å². The van der Waals surface area contributed by atoms with Crippen LogP contribution in [0.3, 0.4) is 0 Å². The highest BCUT2D eigenvalue weighted by atomic mass is 32.2.